The summed E-state index contributed by atoms with van der Waals surface area (Å²) in [4.78, 5) is 9.46. The molecular weight excluding hydrogens is 445 g/mol. The van der Waals surface area contributed by atoms with Gasteiger partial charge in [-0.2, -0.15) is 0 Å². The highest BCUT2D eigenvalue weighted by molar-refractivity contribution is 9.10. The largest absolute Gasteiger partial charge is 0.381 e. The van der Waals surface area contributed by atoms with Gasteiger partial charge in [0.2, 0.25) is 0 Å². The molecule has 1 heterocycles. The van der Waals surface area contributed by atoms with Crippen LogP contribution in [-0.4, -0.2) is 21.2 Å². The number of rotatable bonds is 3. The number of halogens is 2. The first-order valence-electron chi connectivity index (χ1n) is 9.28. The standard InChI is InChI=1S/C24H17BrFN3O/c1-15(30)10-11-17-12-18(25)13-21-22(17)28-23(16-6-3-2-4-7-16)29-24(21)27-20-9-5-8-19(26)14-20/h2-9,12-15,30H,1H3,(H,27,28,29). The summed E-state index contributed by atoms with van der Waals surface area (Å²) in [6.45, 7) is 1.61. The Hall–Kier alpha value is -3.27. The average molecular weight is 462 g/mol. The maximum Gasteiger partial charge on any atom is 0.162 e. The fraction of sp³-hybridized carbons (Fsp3) is 0.0833. The molecule has 30 heavy (non-hydrogen) atoms. The van der Waals surface area contributed by atoms with Gasteiger partial charge < -0.3 is 10.4 Å². The SMILES string of the molecule is CC(O)C#Cc1cc(Br)cc2c(Nc3cccc(F)c3)nc(-c3ccccc3)nc12. The molecule has 0 saturated heterocycles. The van der Waals surface area contributed by atoms with Crippen LogP contribution in [0.2, 0.25) is 0 Å². The Labute approximate surface area is 182 Å². The summed E-state index contributed by atoms with van der Waals surface area (Å²) in [7, 11) is 0. The van der Waals surface area contributed by atoms with Gasteiger partial charge in [-0.25, -0.2) is 14.4 Å². The van der Waals surface area contributed by atoms with E-state index in [9.17, 15) is 9.50 Å². The molecule has 6 heteroatoms. The van der Waals surface area contributed by atoms with Gasteiger partial charge in [-0.05, 0) is 37.3 Å². The number of benzene rings is 3. The van der Waals surface area contributed by atoms with Crippen LogP contribution >= 0.6 is 15.9 Å². The second-order valence-corrected chi connectivity index (χ2v) is 7.61. The van der Waals surface area contributed by atoms with Crippen molar-refractivity contribution in [1.29, 1.82) is 0 Å². The number of nitrogens with zero attached hydrogens (tertiary/aromatic N) is 2. The van der Waals surface area contributed by atoms with Crippen molar-refractivity contribution in [2.24, 2.45) is 0 Å². The Morgan fingerprint density at radius 2 is 1.83 bits per heavy atom. The summed E-state index contributed by atoms with van der Waals surface area (Å²) >= 11 is 3.51. The molecule has 0 aliphatic carbocycles. The van der Waals surface area contributed by atoms with E-state index in [1.807, 2.05) is 42.5 Å². The average Bonchev–Trinajstić information content (AvgIpc) is 2.73. The summed E-state index contributed by atoms with van der Waals surface area (Å²) in [5, 5.41) is 13.5. The molecule has 1 aromatic heterocycles. The smallest absolute Gasteiger partial charge is 0.162 e. The summed E-state index contributed by atoms with van der Waals surface area (Å²) in [6, 6.07) is 19.5. The third-order valence-electron chi connectivity index (χ3n) is 4.30. The van der Waals surface area contributed by atoms with Crippen molar-refractivity contribution in [3.8, 4) is 23.2 Å². The monoisotopic (exact) mass is 461 g/mol. The van der Waals surface area contributed by atoms with Crippen LogP contribution in [-0.2, 0) is 0 Å². The van der Waals surface area contributed by atoms with Gasteiger partial charge in [0.25, 0.3) is 0 Å². The third kappa shape index (κ3) is 4.48. The predicted molar refractivity (Wildman–Crippen MR) is 121 cm³/mol. The lowest BCUT2D eigenvalue weighted by Crippen LogP contribution is -2.01. The van der Waals surface area contributed by atoms with Crippen molar-refractivity contribution >= 4 is 38.3 Å². The molecule has 2 N–H and O–H groups in total. The van der Waals surface area contributed by atoms with Crippen LogP contribution in [0.3, 0.4) is 0 Å². The van der Waals surface area contributed by atoms with Gasteiger partial charge >= 0.3 is 0 Å². The van der Waals surface area contributed by atoms with E-state index < -0.39 is 6.10 Å². The molecule has 0 spiro atoms. The molecule has 4 rings (SSSR count). The number of anilines is 2. The molecule has 0 bridgehead atoms. The van der Waals surface area contributed by atoms with E-state index in [2.05, 4.69) is 33.1 Å². The van der Waals surface area contributed by atoms with E-state index in [1.165, 1.54) is 12.1 Å². The zero-order valence-electron chi connectivity index (χ0n) is 16.0. The lowest BCUT2D eigenvalue weighted by molar-refractivity contribution is 0.253. The second-order valence-electron chi connectivity index (χ2n) is 6.69. The first kappa shape index (κ1) is 20.0. The molecule has 3 aromatic carbocycles. The van der Waals surface area contributed by atoms with E-state index in [0.29, 0.717) is 28.4 Å². The number of aliphatic hydroxyl groups is 1. The maximum absolute atomic E-state index is 13.7. The fourth-order valence-corrected chi connectivity index (χ4v) is 3.45. The number of aliphatic hydroxyl groups excluding tert-OH is 1. The van der Waals surface area contributed by atoms with Crippen molar-refractivity contribution in [3.63, 3.8) is 0 Å². The Morgan fingerprint density at radius 1 is 1.03 bits per heavy atom. The quantitative estimate of drug-likeness (QED) is 0.385. The number of hydrogen-bond acceptors (Lipinski definition) is 4. The number of nitrogens with one attached hydrogen (secondary N) is 1. The molecule has 0 radical (unpaired) electrons. The van der Waals surface area contributed by atoms with Gasteiger partial charge in [-0.1, -0.05) is 64.2 Å². The third-order valence-corrected chi connectivity index (χ3v) is 4.76. The normalized spacial score (nSPS) is 11.6. The van der Waals surface area contributed by atoms with Crippen LogP contribution in [0.15, 0.2) is 71.2 Å². The number of hydrogen-bond donors (Lipinski definition) is 2. The maximum atomic E-state index is 13.7. The second kappa shape index (κ2) is 8.62. The first-order chi connectivity index (χ1) is 14.5. The Bertz CT molecular complexity index is 1280. The molecular formula is C24H17BrFN3O. The van der Waals surface area contributed by atoms with E-state index in [1.54, 1.807) is 19.1 Å². The molecule has 1 unspecified atom stereocenters. The van der Waals surface area contributed by atoms with E-state index >= 15 is 0 Å². The lowest BCUT2D eigenvalue weighted by Gasteiger charge is -2.13. The van der Waals surface area contributed by atoms with E-state index in [4.69, 9.17) is 9.97 Å². The van der Waals surface area contributed by atoms with Crippen LogP contribution in [0.5, 0.6) is 0 Å². The zero-order chi connectivity index (χ0) is 21.1. The van der Waals surface area contributed by atoms with Gasteiger partial charge in [0.15, 0.2) is 5.82 Å². The topological polar surface area (TPSA) is 58.0 Å². The van der Waals surface area contributed by atoms with Crippen molar-refractivity contribution < 1.29 is 9.50 Å². The van der Waals surface area contributed by atoms with Gasteiger partial charge in [0.05, 0.1) is 11.1 Å². The molecule has 0 aliphatic heterocycles. The highest BCUT2D eigenvalue weighted by Gasteiger charge is 2.14. The molecule has 0 amide bonds. The molecule has 0 saturated carbocycles. The van der Waals surface area contributed by atoms with Crippen molar-refractivity contribution in [3.05, 3.63) is 82.6 Å². The molecule has 0 aliphatic rings. The fourth-order valence-electron chi connectivity index (χ4n) is 2.99. The van der Waals surface area contributed by atoms with Crippen molar-refractivity contribution in [2.45, 2.75) is 13.0 Å². The highest BCUT2D eigenvalue weighted by Crippen LogP contribution is 2.31. The zero-order valence-corrected chi connectivity index (χ0v) is 17.6. The minimum absolute atomic E-state index is 0.341. The van der Waals surface area contributed by atoms with E-state index in [-0.39, 0.29) is 5.82 Å². The van der Waals surface area contributed by atoms with Gasteiger partial charge in [-0.3, -0.25) is 0 Å². The lowest BCUT2D eigenvalue weighted by atomic mass is 10.1. The molecule has 4 nitrogen and oxygen atoms in total. The van der Waals surface area contributed by atoms with Crippen molar-refractivity contribution in [2.75, 3.05) is 5.32 Å². The number of fused-ring (bicyclic) bond motifs is 1. The summed E-state index contributed by atoms with van der Waals surface area (Å²) < 4.78 is 14.5. The molecule has 1 atom stereocenters. The Morgan fingerprint density at radius 3 is 2.57 bits per heavy atom. The predicted octanol–water partition coefficient (Wildman–Crippen LogP) is 5.67. The Balaban J connectivity index is 1.97. The van der Waals surface area contributed by atoms with Gasteiger partial charge in [0.1, 0.15) is 17.7 Å². The minimum Gasteiger partial charge on any atom is -0.381 e. The summed E-state index contributed by atoms with van der Waals surface area (Å²) in [5.41, 5.74) is 2.71. The van der Waals surface area contributed by atoms with Crippen LogP contribution in [0.1, 0.15) is 12.5 Å². The van der Waals surface area contributed by atoms with Crippen LogP contribution in [0, 0.1) is 17.7 Å². The summed E-state index contributed by atoms with van der Waals surface area (Å²) in [5.74, 6) is 6.48. The van der Waals surface area contributed by atoms with E-state index in [0.717, 1.165) is 15.4 Å². The first-order valence-corrected chi connectivity index (χ1v) is 10.1. The Kier molecular flexibility index (Phi) is 5.75. The van der Waals surface area contributed by atoms with Crippen LogP contribution < -0.4 is 5.32 Å². The minimum atomic E-state index is -0.764. The van der Waals surface area contributed by atoms with Crippen molar-refractivity contribution in [1.82, 2.24) is 9.97 Å². The summed E-state index contributed by atoms with van der Waals surface area (Å²) in [6.07, 6.45) is -0.764. The highest BCUT2D eigenvalue weighted by atomic mass is 79.9. The van der Waals surface area contributed by atoms with Crippen LogP contribution in [0.4, 0.5) is 15.9 Å². The van der Waals surface area contributed by atoms with Crippen LogP contribution in [0.25, 0.3) is 22.3 Å². The molecule has 4 aromatic rings. The molecule has 0 fully saturated rings. The van der Waals surface area contributed by atoms with Gasteiger partial charge in [-0.15, -0.1) is 0 Å². The molecule has 148 valence electrons. The number of aromatic nitrogens is 2. The van der Waals surface area contributed by atoms with Gasteiger partial charge in [0, 0.05) is 21.1 Å².